The average Bonchev–Trinajstić information content (AvgIpc) is 3.32. The van der Waals surface area contributed by atoms with Crippen LogP contribution in [-0.2, 0) is 7.05 Å². The Kier molecular flexibility index (Phi) is 6.06. The van der Waals surface area contributed by atoms with Gasteiger partial charge in [-0.15, -0.1) is 0 Å². The van der Waals surface area contributed by atoms with Crippen LogP contribution in [0.1, 0.15) is 49.7 Å². The van der Waals surface area contributed by atoms with Crippen LogP contribution in [-0.4, -0.2) is 38.1 Å². The highest BCUT2D eigenvalue weighted by Crippen LogP contribution is 2.44. The largest absolute Gasteiger partial charge is 0.356 e. The lowest BCUT2D eigenvalue weighted by Crippen LogP contribution is -2.43. The minimum absolute atomic E-state index is 0.0568. The van der Waals surface area contributed by atoms with Crippen LogP contribution >= 0.6 is 0 Å². The van der Waals surface area contributed by atoms with Crippen molar-refractivity contribution >= 4 is 22.4 Å². The van der Waals surface area contributed by atoms with Gasteiger partial charge in [-0.2, -0.15) is 10.4 Å². The Balaban J connectivity index is 1.46. The molecular formula is C30H30FN7O. The third-order valence-corrected chi connectivity index (χ3v) is 8.66. The average molecular weight is 524 g/mol. The third kappa shape index (κ3) is 4.30. The van der Waals surface area contributed by atoms with Crippen LogP contribution in [0.25, 0.3) is 28.0 Å². The maximum atomic E-state index is 14.8. The van der Waals surface area contributed by atoms with Crippen molar-refractivity contribution in [2.45, 2.75) is 45.4 Å². The molecular weight excluding hydrogens is 493 g/mol. The van der Waals surface area contributed by atoms with Crippen LogP contribution in [0.5, 0.6) is 0 Å². The lowest BCUT2D eigenvalue weighted by molar-refractivity contribution is 0.177. The van der Waals surface area contributed by atoms with Crippen molar-refractivity contribution in [3.05, 3.63) is 69.9 Å². The minimum Gasteiger partial charge on any atom is -0.356 e. The SMILES string of the molecule is Cc1c(N2CCC3(CCC(=N)CC3)CC2)nc(-c2ccc(C#N)c(F)c2)n(-c2ccc3c(cnn3C)c2)c1=O. The number of hydrogen-bond donors (Lipinski definition) is 1. The molecule has 4 aromatic rings. The molecule has 0 atom stereocenters. The molecule has 1 saturated carbocycles. The van der Waals surface area contributed by atoms with Crippen molar-refractivity contribution in [1.29, 1.82) is 10.7 Å². The molecule has 198 valence electrons. The van der Waals surface area contributed by atoms with E-state index >= 15 is 0 Å². The van der Waals surface area contributed by atoms with Crippen LogP contribution in [0.15, 0.2) is 47.4 Å². The summed E-state index contributed by atoms with van der Waals surface area (Å²) in [4.78, 5) is 21.2. The fourth-order valence-corrected chi connectivity index (χ4v) is 6.14. The van der Waals surface area contributed by atoms with Crippen LogP contribution in [0.4, 0.5) is 10.2 Å². The van der Waals surface area contributed by atoms with E-state index in [4.69, 9.17) is 10.4 Å². The molecule has 9 heteroatoms. The van der Waals surface area contributed by atoms with Crippen LogP contribution < -0.4 is 10.5 Å². The van der Waals surface area contributed by atoms with Crippen molar-refractivity contribution in [1.82, 2.24) is 19.3 Å². The monoisotopic (exact) mass is 523 g/mol. The zero-order valence-corrected chi connectivity index (χ0v) is 22.2. The van der Waals surface area contributed by atoms with E-state index in [-0.39, 0.29) is 16.5 Å². The van der Waals surface area contributed by atoms with Crippen LogP contribution in [0.3, 0.4) is 0 Å². The molecule has 0 unspecified atom stereocenters. The second kappa shape index (κ2) is 9.45. The highest BCUT2D eigenvalue weighted by atomic mass is 19.1. The molecule has 3 heterocycles. The van der Waals surface area contributed by atoms with Gasteiger partial charge in [0.25, 0.3) is 5.56 Å². The number of anilines is 1. The van der Waals surface area contributed by atoms with Gasteiger partial charge in [-0.1, -0.05) is 0 Å². The molecule has 1 N–H and O–H groups in total. The van der Waals surface area contributed by atoms with Gasteiger partial charge in [-0.25, -0.2) is 9.37 Å². The molecule has 2 aliphatic rings. The summed E-state index contributed by atoms with van der Waals surface area (Å²) >= 11 is 0. The molecule has 1 aliphatic heterocycles. The topological polar surface area (TPSA) is 104 Å². The number of nitrogens with zero attached hydrogens (tertiary/aromatic N) is 6. The molecule has 0 amide bonds. The van der Waals surface area contributed by atoms with Gasteiger partial charge in [0, 0.05) is 36.8 Å². The van der Waals surface area contributed by atoms with Crippen molar-refractivity contribution in [2.24, 2.45) is 12.5 Å². The van der Waals surface area contributed by atoms with E-state index in [0.717, 1.165) is 68.2 Å². The van der Waals surface area contributed by atoms with Crippen molar-refractivity contribution in [3.63, 3.8) is 0 Å². The van der Waals surface area contributed by atoms with Crippen molar-refractivity contribution in [2.75, 3.05) is 18.0 Å². The van der Waals surface area contributed by atoms with Crippen molar-refractivity contribution in [3.8, 4) is 23.1 Å². The van der Waals surface area contributed by atoms with Gasteiger partial charge < -0.3 is 10.3 Å². The normalized spacial score (nSPS) is 17.1. The molecule has 1 spiro atoms. The Morgan fingerprint density at radius 2 is 1.82 bits per heavy atom. The minimum atomic E-state index is -0.650. The Morgan fingerprint density at radius 3 is 2.51 bits per heavy atom. The molecule has 2 aromatic heterocycles. The van der Waals surface area contributed by atoms with E-state index in [0.29, 0.717) is 28.5 Å². The first-order valence-electron chi connectivity index (χ1n) is 13.4. The number of halogens is 1. The molecule has 8 nitrogen and oxygen atoms in total. The summed E-state index contributed by atoms with van der Waals surface area (Å²) < 4.78 is 18.1. The Morgan fingerprint density at radius 1 is 1.08 bits per heavy atom. The number of nitriles is 1. The first-order valence-corrected chi connectivity index (χ1v) is 13.4. The Bertz CT molecular complexity index is 1710. The molecule has 2 fully saturated rings. The number of rotatable bonds is 3. The smallest absolute Gasteiger partial charge is 0.263 e. The quantitative estimate of drug-likeness (QED) is 0.393. The number of hydrogen-bond acceptors (Lipinski definition) is 6. The summed E-state index contributed by atoms with van der Waals surface area (Å²) in [6.45, 7) is 3.38. The van der Waals surface area contributed by atoms with E-state index in [1.54, 1.807) is 23.9 Å². The van der Waals surface area contributed by atoms with Gasteiger partial charge >= 0.3 is 0 Å². The van der Waals surface area contributed by atoms with E-state index < -0.39 is 5.82 Å². The molecule has 0 radical (unpaired) electrons. The number of piperidine rings is 1. The van der Waals surface area contributed by atoms with Gasteiger partial charge in [0.05, 0.1) is 28.5 Å². The highest BCUT2D eigenvalue weighted by molar-refractivity contribution is 5.82. The zero-order chi connectivity index (χ0) is 27.3. The van der Waals surface area contributed by atoms with Crippen LogP contribution in [0.2, 0.25) is 0 Å². The maximum absolute atomic E-state index is 14.8. The number of fused-ring (bicyclic) bond motifs is 1. The first-order chi connectivity index (χ1) is 18.8. The van der Waals surface area contributed by atoms with Gasteiger partial charge in [-0.05, 0) is 87.3 Å². The Labute approximate surface area is 225 Å². The molecule has 2 aromatic carbocycles. The number of aromatic nitrogens is 4. The number of benzene rings is 2. The summed E-state index contributed by atoms with van der Waals surface area (Å²) in [5.41, 5.74) is 3.36. The fraction of sp³-hybridized carbons (Fsp3) is 0.367. The summed E-state index contributed by atoms with van der Waals surface area (Å²) in [5.74, 6) is 0.305. The standard InChI is InChI=1S/C30H30FN7O/c1-19-27(37-13-11-30(12-14-37)9-7-23(33)8-10-30)35-28(20-3-4-21(17-32)25(31)16-20)38(29(19)39)24-5-6-26-22(15-24)18-34-36(26)2/h3-6,15-16,18,33H,7-14H2,1-2H3. The molecule has 1 saturated heterocycles. The molecule has 6 rings (SSSR count). The third-order valence-electron chi connectivity index (χ3n) is 8.66. The van der Waals surface area contributed by atoms with Gasteiger partial charge in [-0.3, -0.25) is 14.0 Å². The van der Waals surface area contributed by atoms with Crippen LogP contribution in [0, 0.1) is 34.9 Å². The lowest BCUT2D eigenvalue weighted by Gasteiger charge is -2.45. The van der Waals surface area contributed by atoms with Crippen molar-refractivity contribution < 1.29 is 4.39 Å². The van der Waals surface area contributed by atoms with E-state index in [1.165, 1.54) is 16.7 Å². The summed E-state index contributed by atoms with van der Waals surface area (Å²) in [5, 5.41) is 22.4. The first kappa shape index (κ1) is 25.0. The Hall–Kier alpha value is -4.32. The predicted octanol–water partition coefficient (Wildman–Crippen LogP) is 5.29. The number of aryl methyl sites for hydroxylation is 1. The predicted molar refractivity (Wildman–Crippen MR) is 149 cm³/mol. The molecule has 1 aliphatic carbocycles. The summed E-state index contributed by atoms with van der Waals surface area (Å²) in [6, 6.07) is 11.9. The number of nitrogens with one attached hydrogen (secondary N) is 1. The van der Waals surface area contributed by atoms with Gasteiger partial charge in [0.2, 0.25) is 0 Å². The maximum Gasteiger partial charge on any atom is 0.263 e. The molecule has 0 bridgehead atoms. The van der Waals surface area contributed by atoms with Gasteiger partial charge in [0.15, 0.2) is 0 Å². The van der Waals surface area contributed by atoms with E-state index in [2.05, 4.69) is 10.00 Å². The van der Waals surface area contributed by atoms with E-state index in [9.17, 15) is 14.4 Å². The van der Waals surface area contributed by atoms with Gasteiger partial charge in [0.1, 0.15) is 23.5 Å². The molecule has 39 heavy (non-hydrogen) atoms. The fourth-order valence-electron chi connectivity index (χ4n) is 6.14. The highest BCUT2D eigenvalue weighted by Gasteiger charge is 2.37. The summed E-state index contributed by atoms with van der Waals surface area (Å²) in [7, 11) is 1.86. The lowest BCUT2D eigenvalue weighted by atomic mass is 9.67. The van der Waals surface area contributed by atoms with E-state index in [1.807, 2.05) is 31.3 Å². The second-order valence-electron chi connectivity index (χ2n) is 10.9. The second-order valence-corrected chi connectivity index (χ2v) is 10.9. The summed E-state index contributed by atoms with van der Waals surface area (Å²) in [6.07, 6.45) is 7.62. The zero-order valence-electron chi connectivity index (χ0n) is 22.2.